The van der Waals surface area contributed by atoms with E-state index in [1.807, 2.05) is 6.92 Å². The second kappa shape index (κ2) is 3.38. The van der Waals surface area contributed by atoms with Crippen LogP contribution in [0.4, 0.5) is 0 Å². The van der Waals surface area contributed by atoms with Crippen LogP contribution in [0.15, 0.2) is 5.38 Å². The van der Waals surface area contributed by atoms with Gasteiger partial charge < -0.3 is 0 Å². The molecule has 1 atom stereocenters. The summed E-state index contributed by atoms with van der Waals surface area (Å²) in [7, 11) is -2.92. The molecule has 15 heavy (non-hydrogen) atoms. The van der Waals surface area contributed by atoms with Gasteiger partial charge in [-0.3, -0.25) is 4.79 Å². The Morgan fingerprint density at radius 1 is 1.60 bits per heavy atom. The fourth-order valence-electron chi connectivity index (χ4n) is 1.80. The Balaban J connectivity index is 2.35. The first-order chi connectivity index (χ1) is 6.95. The predicted octanol–water partition coefficient (Wildman–Crippen LogP) is 1.03. The van der Waals surface area contributed by atoms with Crippen LogP contribution in [0.25, 0.3) is 0 Å². The van der Waals surface area contributed by atoms with Crippen molar-refractivity contribution in [1.29, 1.82) is 0 Å². The first-order valence-corrected chi connectivity index (χ1v) is 7.27. The normalized spacial score (nSPS) is 29.1. The lowest BCUT2D eigenvalue weighted by atomic mass is 9.91. The van der Waals surface area contributed by atoms with Crippen molar-refractivity contribution < 1.29 is 13.2 Å². The third kappa shape index (κ3) is 1.96. The minimum atomic E-state index is -2.92. The minimum absolute atomic E-state index is 0.145. The van der Waals surface area contributed by atoms with Crippen molar-refractivity contribution in [3.05, 3.63) is 16.1 Å². The van der Waals surface area contributed by atoms with Crippen molar-refractivity contribution >= 4 is 27.5 Å². The van der Waals surface area contributed by atoms with Crippen LogP contribution in [0.1, 0.15) is 28.8 Å². The van der Waals surface area contributed by atoms with Crippen molar-refractivity contribution in [3.63, 3.8) is 0 Å². The van der Waals surface area contributed by atoms with Gasteiger partial charge >= 0.3 is 0 Å². The Kier molecular flexibility index (Phi) is 2.42. The van der Waals surface area contributed by atoms with Crippen LogP contribution in [-0.4, -0.2) is 31.2 Å². The molecule has 1 aliphatic heterocycles. The average molecular weight is 245 g/mol. The monoisotopic (exact) mass is 245 g/mol. The molecule has 1 saturated heterocycles. The summed E-state index contributed by atoms with van der Waals surface area (Å²) in [6, 6.07) is 0. The molecule has 1 aromatic heterocycles. The van der Waals surface area contributed by atoms with Crippen LogP contribution >= 0.6 is 11.3 Å². The van der Waals surface area contributed by atoms with E-state index in [0.717, 1.165) is 5.01 Å². The molecular weight excluding hydrogens is 234 g/mol. The molecule has 0 radical (unpaired) electrons. The molecule has 0 amide bonds. The Bertz CT molecular complexity index is 491. The van der Waals surface area contributed by atoms with E-state index in [-0.39, 0.29) is 11.5 Å². The number of aromatic nitrogens is 1. The summed E-state index contributed by atoms with van der Waals surface area (Å²) in [5, 5.41) is 2.42. The van der Waals surface area contributed by atoms with Gasteiger partial charge in [-0.25, -0.2) is 13.4 Å². The predicted molar refractivity (Wildman–Crippen MR) is 58.1 cm³/mol. The summed E-state index contributed by atoms with van der Waals surface area (Å²) in [6.07, 6.45) is 1.29. The molecule has 1 aromatic rings. The second-order valence-electron chi connectivity index (χ2n) is 4.10. The van der Waals surface area contributed by atoms with E-state index in [4.69, 9.17) is 0 Å². The lowest BCUT2D eigenvalue weighted by Crippen LogP contribution is -2.23. The SMILES string of the molecule is CC1(c2nc(C=O)cs2)CCS(=O)(=O)C1. The molecular formula is C9H11NO3S2. The molecule has 0 aromatic carbocycles. The molecule has 82 valence electrons. The van der Waals surface area contributed by atoms with Gasteiger partial charge in [0.1, 0.15) is 10.7 Å². The number of hydrogen-bond acceptors (Lipinski definition) is 5. The van der Waals surface area contributed by atoms with Crippen LogP contribution in [-0.2, 0) is 15.3 Å². The highest BCUT2D eigenvalue weighted by Crippen LogP contribution is 2.36. The molecule has 2 heterocycles. The number of thiazole rings is 1. The number of sulfone groups is 1. The number of nitrogens with zero attached hydrogens (tertiary/aromatic N) is 1. The third-order valence-electron chi connectivity index (χ3n) is 2.66. The van der Waals surface area contributed by atoms with Crippen LogP contribution in [0, 0.1) is 0 Å². The lowest BCUT2D eigenvalue weighted by molar-refractivity contribution is 0.111. The molecule has 6 heteroatoms. The van der Waals surface area contributed by atoms with Crippen molar-refractivity contribution in [1.82, 2.24) is 4.98 Å². The zero-order chi connectivity index (χ0) is 11.1. The maximum Gasteiger partial charge on any atom is 0.169 e. The van der Waals surface area contributed by atoms with E-state index >= 15 is 0 Å². The number of carbonyl (C=O) groups is 1. The Hall–Kier alpha value is -0.750. The summed E-state index contributed by atoms with van der Waals surface area (Å²) < 4.78 is 22.8. The van der Waals surface area contributed by atoms with Crippen molar-refractivity contribution in [2.24, 2.45) is 0 Å². The molecule has 4 nitrogen and oxygen atoms in total. The quantitative estimate of drug-likeness (QED) is 0.730. The van der Waals surface area contributed by atoms with Gasteiger partial charge in [-0.2, -0.15) is 0 Å². The Labute approximate surface area is 92.3 Å². The smallest absolute Gasteiger partial charge is 0.169 e. The van der Waals surface area contributed by atoms with Gasteiger partial charge in [0.25, 0.3) is 0 Å². The first-order valence-electron chi connectivity index (χ1n) is 4.57. The van der Waals surface area contributed by atoms with Gasteiger partial charge in [0.05, 0.1) is 11.5 Å². The summed E-state index contributed by atoms with van der Waals surface area (Å²) >= 11 is 1.36. The summed E-state index contributed by atoms with van der Waals surface area (Å²) in [4.78, 5) is 14.6. The molecule has 1 unspecified atom stereocenters. The van der Waals surface area contributed by atoms with E-state index in [0.29, 0.717) is 18.4 Å². The van der Waals surface area contributed by atoms with Crippen molar-refractivity contribution in [2.75, 3.05) is 11.5 Å². The fraction of sp³-hybridized carbons (Fsp3) is 0.556. The molecule has 0 saturated carbocycles. The van der Waals surface area contributed by atoms with E-state index in [9.17, 15) is 13.2 Å². The van der Waals surface area contributed by atoms with Crippen molar-refractivity contribution in [3.8, 4) is 0 Å². The van der Waals surface area contributed by atoms with Gasteiger partial charge in [0.15, 0.2) is 16.1 Å². The molecule has 1 aliphatic rings. The summed E-state index contributed by atoms with van der Waals surface area (Å²) in [5.41, 5.74) is -0.00868. The number of aldehydes is 1. The number of carbonyl (C=O) groups excluding carboxylic acids is 1. The van der Waals surface area contributed by atoms with Crippen LogP contribution < -0.4 is 0 Å². The minimum Gasteiger partial charge on any atom is -0.296 e. The zero-order valence-corrected chi connectivity index (χ0v) is 9.90. The summed E-state index contributed by atoms with van der Waals surface area (Å²) in [6.45, 7) is 1.89. The molecule has 0 spiro atoms. The summed E-state index contributed by atoms with van der Waals surface area (Å²) in [5.74, 6) is 0.366. The van der Waals surface area contributed by atoms with Gasteiger partial charge in [-0.1, -0.05) is 6.92 Å². The molecule has 0 aliphatic carbocycles. The van der Waals surface area contributed by atoms with Crippen LogP contribution in [0.5, 0.6) is 0 Å². The van der Waals surface area contributed by atoms with Gasteiger partial charge in [0.2, 0.25) is 0 Å². The van der Waals surface area contributed by atoms with Crippen molar-refractivity contribution in [2.45, 2.75) is 18.8 Å². The molecule has 2 rings (SSSR count). The average Bonchev–Trinajstić information content (AvgIpc) is 2.71. The van der Waals surface area contributed by atoms with E-state index in [1.54, 1.807) is 5.38 Å². The topological polar surface area (TPSA) is 64.1 Å². The number of rotatable bonds is 2. The van der Waals surface area contributed by atoms with Gasteiger partial charge in [-0.15, -0.1) is 11.3 Å². The van der Waals surface area contributed by atoms with Gasteiger partial charge in [0, 0.05) is 10.8 Å². The maximum atomic E-state index is 11.4. The Morgan fingerprint density at radius 2 is 2.33 bits per heavy atom. The van der Waals surface area contributed by atoms with Crippen LogP contribution in [0.2, 0.25) is 0 Å². The standard InChI is InChI=1S/C9H11NO3S2/c1-9(2-3-15(12,13)6-9)8-10-7(4-11)5-14-8/h4-5H,2-3,6H2,1H3. The molecule has 1 fully saturated rings. The largest absolute Gasteiger partial charge is 0.296 e. The zero-order valence-electron chi connectivity index (χ0n) is 8.26. The highest BCUT2D eigenvalue weighted by atomic mass is 32.2. The Morgan fingerprint density at radius 3 is 2.80 bits per heavy atom. The highest BCUT2D eigenvalue weighted by Gasteiger charge is 2.41. The molecule has 0 N–H and O–H groups in total. The van der Waals surface area contributed by atoms with Gasteiger partial charge in [-0.05, 0) is 6.42 Å². The van der Waals surface area contributed by atoms with E-state index in [2.05, 4.69) is 4.98 Å². The third-order valence-corrected chi connectivity index (χ3v) is 5.73. The first kappa shape index (κ1) is 10.8. The second-order valence-corrected chi connectivity index (χ2v) is 7.14. The molecule has 0 bridgehead atoms. The lowest BCUT2D eigenvalue weighted by Gasteiger charge is -2.17. The number of hydrogen-bond donors (Lipinski definition) is 0. The van der Waals surface area contributed by atoms with Crippen LogP contribution in [0.3, 0.4) is 0 Å². The van der Waals surface area contributed by atoms with E-state index < -0.39 is 15.3 Å². The fourth-order valence-corrected chi connectivity index (χ4v) is 5.00. The maximum absolute atomic E-state index is 11.4. The van der Waals surface area contributed by atoms with E-state index in [1.165, 1.54) is 11.3 Å². The highest BCUT2D eigenvalue weighted by molar-refractivity contribution is 7.91.